The molecule has 0 radical (unpaired) electrons. The third-order valence-electron chi connectivity index (χ3n) is 4.31. The lowest BCUT2D eigenvalue weighted by molar-refractivity contribution is -0.946. The van der Waals surface area contributed by atoms with Gasteiger partial charge in [-0.2, -0.15) is 0 Å². The van der Waals surface area contributed by atoms with Crippen LogP contribution in [0.2, 0.25) is 0 Å². The monoisotopic (exact) mass is 298 g/mol. The first-order valence-electron chi connectivity index (χ1n) is 8.35. The minimum absolute atomic E-state index is 0.817. The van der Waals surface area contributed by atoms with Gasteiger partial charge in [-0.25, -0.2) is 0 Å². The van der Waals surface area contributed by atoms with Gasteiger partial charge in [-0.15, -0.1) is 0 Å². The Kier molecular flexibility index (Phi) is 5.46. The largest absolute Gasteiger partial charge is 0.493 e. The first-order chi connectivity index (χ1) is 10.9. The molecule has 1 aliphatic rings. The molecule has 3 N–H and O–H groups in total. The van der Waals surface area contributed by atoms with Crippen LogP contribution in [0.5, 0.6) is 5.75 Å². The molecular formula is C19H26N2O+2. The molecule has 3 nitrogen and oxygen atoms in total. The predicted molar refractivity (Wildman–Crippen MR) is 89.2 cm³/mol. The van der Waals surface area contributed by atoms with Gasteiger partial charge in [-0.3, -0.25) is 0 Å². The molecule has 22 heavy (non-hydrogen) atoms. The van der Waals surface area contributed by atoms with Crippen LogP contribution in [0, 0.1) is 0 Å². The lowest BCUT2D eigenvalue weighted by Gasteiger charge is -2.22. The lowest BCUT2D eigenvalue weighted by Crippen LogP contribution is -3.20. The molecule has 2 aromatic rings. The van der Waals surface area contributed by atoms with Crippen molar-refractivity contribution >= 4 is 0 Å². The standard InChI is InChI=1S/C19H24N2O/c1-2-5-17(6-3-1)18-7-9-19(10-8-18)22-16-4-13-21-14-11-20-12-15-21/h1-3,5-10,20H,4,11-16H2/p+2. The van der Waals surface area contributed by atoms with Crippen LogP contribution in [0.4, 0.5) is 0 Å². The second-order valence-corrected chi connectivity index (χ2v) is 5.96. The highest BCUT2D eigenvalue weighted by Gasteiger charge is 2.14. The number of hydrogen-bond acceptors (Lipinski definition) is 1. The second kappa shape index (κ2) is 7.97. The van der Waals surface area contributed by atoms with Crippen LogP contribution in [0.1, 0.15) is 6.42 Å². The molecule has 0 atom stereocenters. The average Bonchev–Trinajstić information content (AvgIpc) is 2.61. The zero-order valence-corrected chi connectivity index (χ0v) is 13.1. The Hall–Kier alpha value is -1.84. The Morgan fingerprint density at radius 1 is 0.864 bits per heavy atom. The molecule has 0 saturated carbocycles. The van der Waals surface area contributed by atoms with Gasteiger partial charge in [0, 0.05) is 6.42 Å². The third kappa shape index (κ3) is 4.33. The van der Waals surface area contributed by atoms with Crippen molar-refractivity contribution in [1.29, 1.82) is 0 Å². The smallest absolute Gasteiger partial charge is 0.127 e. The lowest BCUT2D eigenvalue weighted by atomic mass is 10.1. The van der Waals surface area contributed by atoms with Crippen LogP contribution in [0.3, 0.4) is 0 Å². The second-order valence-electron chi connectivity index (χ2n) is 5.96. The highest BCUT2D eigenvalue weighted by atomic mass is 16.5. The summed E-state index contributed by atoms with van der Waals surface area (Å²) in [5.74, 6) is 0.974. The molecular weight excluding hydrogens is 272 g/mol. The molecule has 0 spiro atoms. The maximum atomic E-state index is 5.87. The number of nitrogens with two attached hydrogens (primary N) is 1. The molecule has 0 aromatic heterocycles. The molecule has 1 aliphatic heterocycles. The number of quaternary nitrogens is 2. The van der Waals surface area contributed by atoms with Crippen molar-refractivity contribution in [3.8, 4) is 16.9 Å². The Bertz CT molecular complexity index is 547. The summed E-state index contributed by atoms with van der Waals surface area (Å²) in [4.78, 5) is 1.73. The van der Waals surface area contributed by atoms with Crippen molar-refractivity contribution in [2.75, 3.05) is 39.3 Å². The van der Waals surface area contributed by atoms with Crippen LogP contribution in [0.15, 0.2) is 54.6 Å². The summed E-state index contributed by atoms with van der Waals surface area (Å²) in [6.07, 6.45) is 1.13. The Morgan fingerprint density at radius 3 is 2.27 bits per heavy atom. The fraction of sp³-hybridized carbons (Fsp3) is 0.368. The summed E-state index contributed by atoms with van der Waals surface area (Å²) in [6.45, 7) is 7.19. The summed E-state index contributed by atoms with van der Waals surface area (Å²) >= 11 is 0. The van der Waals surface area contributed by atoms with E-state index in [0.717, 1.165) is 18.8 Å². The van der Waals surface area contributed by atoms with E-state index in [4.69, 9.17) is 4.74 Å². The van der Waals surface area contributed by atoms with Crippen molar-refractivity contribution in [3.63, 3.8) is 0 Å². The Labute approximate surface area is 132 Å². The Balaban J connectivity index is 1.43. The first-order valence-corrected chi connectivity index (χ1v) is 8.35. The van der Waals surface area contributed by atoms with Crippen LogP contribution in [0.25, 0.3) is 11.1 Å². The van der Waals surface area contributed by atoms with Crippen molar-refractivity contribution < 1.29 is 15.0 Å². The van der Waals surface area contributed by atoms with Crippen LogP contribution in [-0.2, 0) is 0 Å². The van der Waals surface area contributed by atoms with Gasteiger partial charge in [0.1, 0.15) is 31.9 Å². The highest BCUT2D eigenvalue weighted by Crippen LogP contribution is 2.21. The molecule has 3 heteroatoms. The summed E-state index contributed by atoms with van der Waals surface area (Å²) < 4.78 is 5.87. The summed E-state index contributed by atoms with van der Waals surface area (Å²) in [5.41, 5.74) is 2.49. The first kappa shape index (κ1) is 15.1. The molecule has 0 aliphatic carbocycles. The van der Waals surface area contributed by atoms with Gasteiger partial charge in [0.25, 0.3) is 0 Å². The summed E-state index contributed by atoms with van der Waals surface area (Å²) in [7, 11) is 0. The van der Waals surface area contributed by atoms with E-state index >= 15 is 0 Å². The number of ether oxygens (including phenoxy) is 1. The van der Waals surface area contributed by atoms with Gasteiger partial charge in [-0.05, 0) is 23.3 Å². The zero-order chi connectivity index (χ0) is 15.0. The van der Waals surface area contributed by atoms with Gasteiger partial charge in [-0.1, -0.05) is 42.5 Å². The van der Waals surface area contributed by atoms with Crippen LogP contribution < -0.4 is 15.0 Å². The fourth-order valence-electron chi connectivity index (χ4n) is 3.02. The van der Waals surface area contributed by atoms with Gasteiger partial charge in [0.2, 0.25) is 0 Å². The van der Waals surface area contributed by atoms with Crippen molar-refractivity contribution in [2.45, 2.75) is 6.42 Å². The van der Waals surface area contributed by atoms with Crippen molar-refractivity contribution in [1.82, 2.24) is 0 Å². The predicted octanol–water partition coefficient (Wildman–Crippen LogP) is 0.584. The molecule has 116 valence electrons. The van der Waals surface area contributed by atoms with Crippen LogP contribution in [-0.4, -0.2) is 39.3 Å². The topological polar surface area (TPSA) is 30.3 Å². The van der Waals surface area contributed by atoms with E-state index in [0.29, 0.717) is 0 Å². The van der Waals surface area contributed by atoms with E-state index < -0.39 is 0 Å². The van der Waals surface area contributed by atoms with Gasteiger partial charge in [0.15, 0.2) is 0 Å². The number of hydrogen-bond donors (Lipinski definition) is 2. The van der Waals surface area contributed by atoms with Gasteiger partial charge >= 0.3 is 0 Å². The van der Waals surface area contributed by atoms with Crippen molar-refractivity contribution in [3.05, 3.63) is 54.6 Å². The van der Waals surface area contributed by atoms with E-state index in [-0.39, 0.29) is 0 Å². The van der Waals surface area contributed by atoms with Crippen LogP contribution >= 0.6 is 0 Å². The summed E-state index contributed by atoms with van der Waals surface area (Å²) in [6, 6.07) is 18.9. The number of nitrogens with one attached hydrogen (secondary N) is 1. The molecule has 0 amide bonds. The van der Waals surface area contributed by atoms with E-state index in [1.54, 1.807) is 4.90 Å². The average molecular weight is 298 g/mol. The number of rotatable bonds is 6. The molecule has 1 heterocycles. The quantitative estimate of drug-likeness (QED) is 0.751. The maximum absolute atomic E-state index is 5.87. The zero-order valence-electron chi connectivity index (χ0n) is 13.1. The molecule has 3 rings (SSSR count). The van der Waals surface area contributed by atoms with Gasteiger partial charge < -0.3 is 15.0 Å². The maximum Gasteiger partial charge on any atom is 0.127 e. The van der Waals surface area contributed by atoms with E-state index in [2.05, 4.69) is 53.8 Å². The minimum atomic E-state index is 0.817. The Morgan fingerprint density at radius 2 is 1.55 bits per heavy atom. The van der Waals surface area contributed by atoms with E-state index in [9.17, 15) is 0 Å². The number of piperazine rings is 1. The fourth-order valence-corrected chi connectivity index (χ4v) is 3.02. The van der Waals surface area contributed by atoms with Gasteiger partial charge in [0.05, 0.1) is 13.2 Å². The summed E-state index contributed by atoms with van der Waals surface area (Å²) in [5, 5.41) is 2.41. The molecule has 2 aromatic carbocycles. The SMILES string of the molecule is c1ccc(-c2ccc(OCCC[NH+]3CC[NH2+]CC3)cc2)cc1. The molecule has 0 unspecified atom stereocenters. The minimum Gasteiger partial charge on any atom is -0.493 e. The van der Waals surface area contributed by atoms with Crippen molar-refractivity contribution in [2.24, 2.45) is 0 Å². The molecule has 1 saturated heterocycles. The number of benzene rings is 2. The van der Waals surface area contributed by atoms with E-state index in [1.165, 1.54) is 43.9 Å². The normalized spacial score (nSPS) is 15.6. The molecule has 1 fully saturated rings. The highest BCUT2D eigenvalue weighted by molar-refractivity contribution is 5.63. The third-order valence-corrected chi connectivity index (χ3v) is 4.31. The van der Waals surface area contributed by atoms with E-state index in [1.807, 2.05) is 6.07 Å². The molecule has 0 bridgehead atoms.